The molecule has 1 N–H and O–H groups in total. The largest absolute Gasteiger partial charge is 0.435 e. The summed E-state index contributed by atoms with van der Waals surface area (Å²) in [6, 6.07) is 2.41. The molecule has 8 heteroatoms. The molecule has 2 rings (SSSR count). The lowest BCUT2D eigenvalue weighted by Gasteiger charge is -2.05. The molecule has 0 amide bonds. The molecule has 0 atom stereocenters. The third-order valence-corrected chi connectivity index (χ3v) is 2.19. The fraction of sp³-hybridized carbons (Fsp3) is 0.300. The summed E-state index contributed by atoms with van der Waals surface area (Å²) in [5, 5.41) is 6.24. The van der Waals surface area contributed by atoms with Gasteiger partial charge in [0.1, 0.15) is 11.6 Å². The molecule has 2 aromatic rings. The summed E-state index contributed by atoms with van der Waals surface area (Å²) >= 11 is 0. The summed E-state index contributed by atoms with van der Waals surface area (Å²) in [6.07, 6.45) is -3.25. The standard InChI is InChI=1S/C10H10F3N5/c1-6-15-8(14-2)5-9(16-6)18-4-3-7(17-18)10(11,12)13/h3-5H,1-2H3,(H,14,15,16). The fourth-order valence-corrected chi connectivity index (χ4v) is 1.40. The minimum absolute atomic E-state index is 0.280. The van der Waals surface area contributed by atoms with E-state index >= 15 is 0 Å². The molecule has 0 aliphatic carbocycles. The summed E-state index contributed by atoms with van der Waals surface area (Å²) in [6.45, 7) is 1.65. The number of rotatable bonds is 2. The van der Waals surface area contributed by atoms with Crippen molar-refractivity contribution in [1.82, 2.24) is 19.7 Å². The van der Waals surface area contributed by atoms with Crippen LogP contribution in [-0.4, -0.2) is 26.8 Å². The van der Waals surface area contributed by atoms with Crippen LogP contribution in [0.4, 0.5) is 19.0 Å². The van der Waals surface area contributed by atoms with Crippen LogP contribution >= 0.6 is 0 Å². The monoisotopic (exact) mass is 257 g/mol. The first-order chi connectivity index (χ1) is 8.40. The topological polar surface area (TPSA) is 55.6 Å². The van der Waals surface area contributed by atoms with Gasteiger partial charge in [-0.2, -0.15) is 18.3 Å². The molecule has 0 radical (unpaired) electrons. The van der Waals surface area contributed by atoms with Gasteiger partial charge in [-0.25, -0.2) is 14.6 Å². The highest BCUT2D eigenvalue weighted by Crippen LogP contribution is 2.27. The Bertz CT molecular complexity index is 561. The molecular formula is C10H10F3N5. The van der Waals surface area contributed by atoms with Gasteiger partial charge < -0.3 is 5.32 Å². The van der Waals surface area contributed by atoms with E-state index in [-0.39, 0.29) is 5.82 Å². The van der Waals surface area contributed by atoms with E-state index < -0.39 is 11.9 Å². The Morgan fingerprint density at radius 3 is 2.56 bits per heavy atom. The average molecular weight is 257 g/mol. The quantitative estimate of drug-likeness (QED) is 0.894. The number of hydrogen-bond donors (Lipinski definition) is 1. The van der Waals surface area contributed by atoms with E-state index in [9.17, 15) is 13.2 Å². The van der Waals surface area contributed by atoms with Crippen molar-refractivity contribution in [2.24, 2.45) is 0 Å². The SMILES string of the molecule is CNc1cc(-n2ccc(C(F)(F)F)n2)nc(C)n1. The normalized spacial score (nSPS) is 11.6. The van der Waals surface area contributed by atoms with Crippen molar-refractivity contribution in [3.63, 3.8) is 0 Å². The van der Waals surface area contributed by atoms with Crippen LogP contribution in [0.15, 0.2) is 18.3 Å². The highest BCUT2D eigenvalue weighted by atomic mass is 19.4. The lowest BCUT2D eigenvalue weighted by Crippen LogP contribution is -2.09. The predicted octanol–water partition coefficient (Wildman–Crippen LogP) is 2.03. The Morgan fingerprint density at radius 2 is 2.00 bits per heavy atom. The number of aromatic nitrogens is 4. The molecule has 0 aliphatic heterocycles. The van der Waals surface area contributed by atoms with Crippen LogP contribution in [0.2, 0.25) is 0 Å². The van der Waals surface area contributed by atoms with E-state index in [0.29, 0.717) is 11.6 Å². The van der Waals surface area contributed by atoms with Crippen molar-refractivity contribution in [1.29, 1.82) is 0 Å². The van der Waals surface area contributed by atoms with Crippen LogP contribution in [0.1, 0.15) is 11.5 Å². The van der Waals surface area contributed by atoms with E-state index in [4.69, 9.17) is 0 Å². The van der Waals surface area contributed by atoms with Gasteiger partial charge in [0.25, 0.3) is 0 Å². The Hall–Kier alpha value is -2.12. The highest BCUT2D eigenvalue weighted by molar-refractivity contribution is 5.40. The average Bonchev–Trinajstić information content (AvgIpc) is 2.77. The van der Waals surface area contributed by atoms with Gasteiger partial charge in [0.05, 0.1) is 0 Å². The number of nitrogens with one attached hydrogen (secondary N) is 1. The Balaban J connectivity index is 2.43. The zero-order valence-electron chi connectivity index (χ0n) is 9.65. The lowest BCUT2D eigenvalue weighted by molar-refractivity contribution is -0.141. The van der Waals surface area contributed by atoms with Crippen molar-refractivity contribution in [3.8, 4) is 5.82 Å². The van der Waals surface area contributed by atoms with E-state index in [1.165, 1.54) is 12.3 Å². The molecule has 0 unspecified atom stereocenters. The van der Waals surface area contributed by atoms with Crippen LogP contribution in [0.3, 0.4) is 0 Å². The minimum Gasteiger partial charge on any atom is -0.373 e. The number of alkyl halides is 3. The van der Waals surface area contributed by atoms with Crippen LogP contribution in [0, 0.1) is 6.92 Å². The van der Waals surface area contributed by atoms with Gasteiger partial charge >= 0.3 is 6.18 Å². The van der Waals surface area contributed by atoms with Gasteiger partial charge in [-0.15, -0.1) is 0 Å². The van der Waals surface area contributed by atoms with Crippen molar-refractivity contribution in [2.45, 2.75) is 13.1 Å². The molecule has 0 fully saturated rings. The number of anilines is 1. The molecule has 0 aromatic carbocycles. The van der Waals surface area contributed by atoms with Gasteiger partial charge in [0.15, 0.2) is 11.5 Å². The molecule has 0 saturated heterocycles. The second-order valence-electron chi connectivity index (χ2n) is 3.55. The molecule has 2 aromatic heterocycles. The molecular weight excluding hydrogens is 247 g/mol. The smallest absolute Gasteiger partial charge is 0.373 e. The molecule has 96 valence electrons. The lowest BCUT2D eigenvalue weighted by atomic mass is 10.4. The Labute approximate surface area is 101 Å². The van der Waals surface area contributed by atoms with E-state index in [1.54, 1.807) is 14.0 Å². The number of aryl methyl sites for hydroxylation is 1. The van der Waals surface area contributed by atoms with Crippen LogP contribution < -0.4 is 5.32 Å². The molecule has 0 spiro atoms. The maximum absolute atomic E-state index is 12.4. The summed E-state index contributed by atoms with van der Waals surface area (Å²) in [4.78, 5) is 8.08. The number of nitrogens with zero attached hydrogens (tertiary/aromatic N) is 4. The van der Waals surface area contributed by atoms with E-state index in [0.717, 1.165) is 10.7 Å². The molecule has 5 nitrogen and oxygen atoms in total. The van der Waals surface area contributed by atoms with Gasteiger partial charge in [-0.1, -0.05) is 0 Å². The molecule has 0 bridgehead atoms. The summed E-state index contributed by atoms with van der Waals surface area (Å²) in [7, 11) is 1.66. The number of halogens is 3. The van der Waals surface area contributed by atoms with E-state index in [1.807, 2.05) is 0 Å². The van der Waals surface area contributed by atoms with E-state index in [2.05, 4.69) is 20.4 Å². The maximum Gasteiger partial charge on any atom is 0.435 e. The zero-order chi connectivity index (χ0) is 13.3. The van der Waals surface area contributed by atoms with Crippen LogP contribution in [0.5, 0.6) is 0 Å². The minimum atomic E-state index is -4.46. The maximum atomic E-state index is 12.4. The number of hydrogen-bond acceptors (Lipinski definition) is 4. The molecule has 18 heavy (non-hydrogen) atoms. The third kappa shape index (κ3) is 2.41. The molecule has 0 saturated carbocycles. The highest BCUT2D eigenvalue weighted by Gasteiger charge is 2.33. The van der Waals surface area contributed by atoms with Crippen LogP contribution in [-0.2, 0) is 6.18 Å². The van der Waals surface area contributed by atoms with Gasteiger partial charge in [-0.3, -0.25) is 0 Å². The fourth-order valence-electron chi connectivity index (χ4n) is 1.40. The Morgan fingerprint density at radius 1 is 1.28 bits per heavy atom. The summed E-state index contributed by atoms with van der Waals surface area (Å²) < 4.78 is 38.3. The van der Waals surface area contributed by atoms with Crippen molar-refractivity contribution in [3.05, 3.63) is 29.8 Å². The van der Waals surface area contributed by atoms with Gasteiger partial charge in [-0.05, 0) is 13.0 Å². The summed E-state index contributed by atoms with van der Waals surface area (Å²) in [5.41, 5.74) is -0.954. The zero-order valence-corrected chi connectivity index (χ0v) is 9.65. The van der Waals surface area contributed by atoms with Crippen molar-refractivity contribution < 1.29 is 13.2 Å². The van der Waals surface area contributed by atoms with Crippen LogP contribution in [0.25, 0.3) is 5.82 Å². The first-order valence-corrected chi connectivity index (χ1v) is 5.07. The van der Waals surface area contributed by atoms with Gasteiger partial charge in [0.2, 0.25) is 0 Å². The Kier molecular flexibility index (Phi) is 2.93. The van der Waals surface area contributed by atoms with Crippen molar-refractivity contribution >= 4 is 5.82 Å². The molecule has 2 heterocycles. The van der Waals surface area contributed by atoms with Gasteiger partial charge in [0, 0.05) is 19.3 Å². The first kappa shape index (κ1) is 12.3. The third-order valence-electron chi connectivity index (χ3n) is 2.19. The molecule has 0 aliphatic rings. The second kappa shape index (κ2) is 4.28. The predicted molar refractivity (Wildman–Crippen MR) is 58.4 cm³/mol. The van der Waals surface area contributed by atoms with Crippen molar-refractivity contribution in [2.75, 3.05) is 12.4 Å². The second-order valence-corrected chi connectivity index (χ2v) is 3.55. The first-order valence-electron chi connectivity index (χ1n) is 5.07. The summed E-state index contributed by atoms with van der Waals surface area (Å²) in [5.74, 6) is 1.24.